The molecule has 140 valence electrons. The zero-order valence-electron chi connectivity index (χ0n) is 15.5. The van der Waals surface area contributed by atoms with Gasteiger partial charge in [-0.3, -0.25) is 14.8 Å². The summed E-state index contributed by atoms with van der Waals surface area (Å²) in [5.41, 5.74) is 4.84. The quantitative estimate of drug-likeness (QED) is 0.727. The van der Waals surface area contributed by atoms with Gasteiger partial charge in [0.1, 0.15) is 0 Å². The van der Waals surface area contributed by atoms with Crippen molar-refractivity contribution >= 4 is 5.65 Å². The topological polar surface area (TPSA) is 73.6 Å². The first kappa shape index (κ1) is 16.7. The second-order valence-corrected chi connectivity index (χ2v) is 8.03. The number of aromatic nitrogens is 3. The number of piperidine rings is 1. The Morgan fingerprint density at radius 1 is 1.26 bits per heavy atom. The zero-order chi connectivity index (χ0) is 18.6. The van der Waals surface area contributed by atoms with Crippen LogP contribution in [0.4, 0.5) is 0 Å². The van der Waals surface area contributed by atoms with Crippen LogP contribution in [0.1, 0.15) is 35.4 Å². The molecule has 1 fully saturated rings. The highest BCUT2D eigenvalue weighted by Crippen LogP contribution is 2.46. The number of benzene rings is 1. The highest BCUT2D eigenvalue weighted by atomic mass is 16.3. The van der Waals surface area contributed by atoms with Crippen LogP contribution in [0.25, 0.3) is 5.65 Å². The van der Waals surface area contributed by atoms with Gasteiger partial charge >= 0.3 is 0 Å². The normalized spacial score (nSPS) is 21.8. The van der Waals surface area contributed by atoms with Gasteiger partial charge in [0.2, 0.25) is 0 Å². The fourth-order valence-corrected chi connectivity index (χ4v) is 4.95. The van der Waals surface area contributed by atoms with Crippen LogP contribution in [0.5, 0.6) is 0 Å². The van der Waals surface area contributed by atoms with E-state index in [0.29, 0.717) is 12.2 Å². The van der Waals surface area contributed by atoms with E-state index in [1.54, 1.807) is 6.07 Å². The Hall–Kier alpha value is -2.44. The minimum atomic E-state index is -0.293. The van der Waals surface area contributed by atoms with Crippen molar-refractivity contribution in [2.45, 2.75) is 44.2 Å². The highest BCUT2D eigenvalue weighted by Gasteiger charge is 2.47. The predicted octanol–water partition coefficient (Wildman–Crippen LogP) is 1.78. The Morgan fingerprint density at radius 3 is 2.85 bits per heavy atom. The molecule has 5 rings (SSSR count). The van der Waals surface area contributed by atoms with E-state index < -0.39 is 0 Å². The molecule has 27 heavy (non-hydrogen) atoms. The van der Waals surface area contributed by atoms with Crippen molar-refractivity contribution in [1.82, 2.24) is 19.5 Å². The van der Waals surface area contributed by atoms with Crippen molar-refractivity contribution in [3.05, 3.63) is 69.3 Å². The molecule has 2 aromatic heterocycles. The van der Waals surface area contributed by atoms with E-state index in [2.05, 4.69) is 39.2 Å². The van der Waals surface area contributed by atoms with Crippen LogP contribution in [0.2, 0.25) is 0 Å². The van der Waals surface area contributed by atoms with Gasteiger partial charge in [0.05, 0.1) is 11.8 Å². The first-order chi connectivity index (χ1) is 13.0. The van der Waals surface area contributed by atoms with Crippen LogP contribution in [-0.2, 0) is 18.4 Å². The fraction of sp³-hybridized carbons (Fsp3) is 0.429. The lowest BCUT2D eigenvalue weighted by Crippen LogP contribution is -2.47. The van der Waals surface area contributed by atoms with Crippen LogP contribution in [0.15, 0.2) is 41.2 Å². The number of hydrogen-bond acceptors (Lipinski definition) is 4. The summed E-state index contributed by atoms with van der Waals surface area (Å²) in [5, 5.41) is 13.8. The van der Waals surface area contributed by atoms with Crippen LogP contribution in [-0.4, -0.2) is 43.8 Å². The Morgan fingerprint density at radius 2 is 2.04 bits per heavy atom. The molecular weight excluding hydrogens is 340 g/mol. The van der Waals surface area contributed by atoms with Crippen LogP contribution < -0.4 is 5.56 Å². The monoisotopic (exact) mass is 364 g/mol. The Balaban J connectivity index is 1.35. The van der Waals surface area contributed by atoms with Crippen molar-refractivity contribution < 1.29 is 5.11 Å². The maximum Gasteiger partial charge on any atom is 0.272 e. The van der Waals surface area contributed by atoms with E-state index >= 15 is 0 Å². The average Bonchev–Trinajstić information content (AvgIpc) is 3.15. The number of fused-ring (bicyclic) bond motifs is 3. The van der Waals surface area contributed by atoms with Gasteiger partial charge in [-0.05, 0) is 50.4 Å². The Labute approximate surface area is 157 Å². The van der Waals surface area contributed by atoms with E-state index in [1.807, 2.05) is 13.0 Å². The molecule has 0 radical (unpaired) electrons. The molecule has 6 heteroatoms. The third-order valence-corrected chi connectivity index (χ3v) is 6.37. The van der Waals surface area contributed by atoms with Crippen molar-refractivity contribution in [2.24, 2.45) is 0 Å². The highest BCUT2D eigenvalue weighted by molar-refractivity contribution is 5.42. The molecule has 1 aliphatic carbocycles. The van der Waals surface area contributed by atoms with Crippen molar-refractivity contribution in [1.29, 1.82) is 0 Å². The van der Waals surface area contributed by atoms with Crippen LogP contribution in [0, 0.1) is 6.92 Å². The summed E-state index contributed by atoms with van der Waals surface area (Å²) in [6.07, 6.45) is 2.35. The molecule has 2 N–H and O–H groups in total. The van der Waals surface area contributed by atoms with Crippen LogP contribution in [0.3, 0.4) is 0 Å². The fourth-order valence-electron chi connectivity index (χ4n) is 4.95. The van der Waals surface area contributed by atoms with Gasteiger partial charge in [0, 0.05) is 29.8 Å². The number of H-pyrrole nitrogens is 1. The summed E-state index contributed by atoms with van der Waals surface area (Å²) < 4.78 is 1.48. The summed E-state index contributed by atoms with van der Waals surface area (Å²) in [6.45, 7) is 4.39. The Kier molecular flexibility index (Phi) is 3.74. The van der Waals surface area contributed by atoms with Gasteiger partial charge in [-0.1, -0.05) is 24.3 Å². The minimum Gasteiger partial charge on any atom is -0.392 e. The molecule has 1 atom stereocenters. The van der Waals surface area contributed by atoms with Crippen molar-refractivity contribution in [2.75, 3.05) is 13.1 Å². The molecule has 1 aliphatic heterocycles. The standard InChI is InChI=1S/C21H24N4O2/c1-14-10-19-22-16(12-20(27)25(19)23-14)13-24-8-6-21(7-9-24)17-5-3-2-4-15(17)11-18(21)26/h2-5,10,12,18,23,26H,6-9,11,13H2,1H3/t18-/m1/s1. The SMILES string of the molecule is Cc1cc2nc(CN3CCC4(CC3)c3ccccc3C[C@H]4O)cc(=O)n2[nH]1. The molecule has 3 heterocycles. The third-order valence-electron chi connectivity index (χ3n) is 6.37. The number of aliphatic hydroxyl groups is 1. The van der Waals surface area contributed by atoms with E-state index in [1.165, 1.54) is 15.6 Å². The number of rotatable bonds is 2. The number of aromatic amines is 1. The second-order valence-electron chi connectivity index (χ2n) is 8.03. The number of nitrogens with zero attached hydrogens (tertiary/aromatic N) is 3. The van der Waals surface area contributed by atoms with Gasteiger partial charge in [0.15, 0.2) is 5.65 Å². The number of hydrogen-bond donors (Lipinski definition) is 2. The molecule has 6 nitrogen and oxygen atoms in total. The largest absolute Gasteiger partial charge is 0.392 e. The van der Waals surface area contributed by atoms with Crippen molar-refractivity contribution in [3.8, 4) is 0 Å². The van der Waals surface area contributed by atoms with Gasteiger partial charge in [0.25, 0.3) is 5.56 Å². The Bertz CT molecular complexity index is 1060. The number of aliphatic hydroxyl groups excluding tert-OH is 1. The van der Waals surface area contributed by atoms with Gasteiger partial charge in [-0.2, -0.15) is 0 Å². The lowest BCUT2D eigenvalue weighted by atomic mass is 9.72. The van der Waals surface area contributed by atoms with E-state index in [4.69, 9.17) is 0 Å². The average molecular weight is 364 g/mol. The number of likely N-dealkylation sites (tertiary alicyclic amines) is 1. The molecular formula is C21H24N4O2. The number of nitrogens with one attached hydrogen (secondary N) is 1. The summed E-state index contributed by atoms with van der Waals surface area (Å²) >= 11 is 0. The molecule has 1 aromatic carbocycles. The predicted molar refractivity (Wildman–Crippen MR) is 103 cm³/mol. The summed E-state index contributed by atoms with van der Waals surface area (Å²) in [5.74, 6) is 0. The minimum absolute atomic E-state index is 0.0725. The first-order valence-corrected chi connectivity index (χ1v) is 9.62. The van der Waals surface area contributed by atoms with Gasteiger partial charge in [-0.25, -0.2) is 9.50 Å². The molecule has 0 bridgehead atoms. The molecule has 3 aromatic rings. The lowest BCUT2D eigenvalue weighted by Gasteiger charge is -2.42. The van der Waals surface area contributed by atoms with Crippen LogP contribution >= 0.6 is 0 Å². The van der Waals surface area contributed by atoms with Crippen molar-refractivity contribution in [3.63, 3.8) is 0 Å². The summed E-state index contributed by atoms with van der Waals surface area (Å²) in [7, 11) is 0. The zero-order valence-corrected chi connectivity index (χ0v) is 15.5. The van der Waals surface area contributed by atoms with Gasteiger partial charge in [-0.15, -0.1) is 0 Å². The maximum atomic E-state index is 12.3. The second kappa shape index (κ2) is 6.04. The van der Waals surface area contributed by atoms with E-state index in [9.17, 15) is 9.90 Å². The molecule has 2 aliphatic rings. The third kappa shape index (κ3) is 2.63. The maximum absolute atomic E-state index is 12.3. The van der Waals surface area contributed by atoms with E-state index in [-0.39, 0.29) is 17.1 Å². The lowest BCUT2D eigenvalue weighted by molar-refractivity contribution is 0.0411. The van der Waals surface area contributed by atoms with E-state index in [0.717, 1.165) is 43.7 Å². The molecule has 0 amide bonds. The molecule has 1 spiro atoms. The molecule has 1 saturated heterocycles. The smallest absolute Gasteiger partial charge is 0.272 e. The molecule has 0 saturated carbocycles. The summed E-state index contributed by atoms with van der Waals surface area (Å²) in [6, 6.07) is 12.0. The van der Waals surface area contributed by atoms with Gasteiger partial charge < -0.3 is 5.11 Å². The molecule has 0 unspecified atom stereocenters. The summed E-state index contributed by atoms with van der Waals surface area (Å²) in [4.78, 5) is 19.3. The first-order valence-electron chi connectivity index (χ1n) is 9.62. The number of aryl methyl sites for hydroxylation is 1.